The predicted octanol–water partition coefficient (Wildman–Crippen LogP) is 2.73. The lowest BCUT2D eigenvalue weighted by atomic mass is 10.0. The van der Waals surface area contributed by atoms with E-state index in [9.17, 15) is 8.42 Å². The van der Waals surface area contributed by atoms with E-state index in [2.05, 4.69) is 4.72 Å². The summed E-state index contributed by atoms with van der Waals surface area (Å²) in [7, 11) is -3.24. The monoisotopic (exact) mass is 301 g/mol. The van der Waals surface area contributed by atoms with Gasteiger partial charge in [0.25, 0.3) is 0 Å². The van der Waals surface area contributed by atoms with Gasteiger partial charge in [-0.15, -0.1) is 11.6 Å². The molecule has 1 aliphatic rings. The third kappa shape index (κ3) is 4.20. The molecule has 0 bridgehead atoms. The molecule has 0 amide bonds. The highest BCUT2D eigenvalue weighted by Gasteiger charge is 2.42. The zero-order valence-electron chi connectivity index (χ0n) is 11.1. The van der Waals surface area contributed by atoms with Crippen LogP contribution in [-0.2, 0) is 10.0 Å². The molecule has 1 aromatic rings. The summed E-state index contributed by atoms with van der Waals surface area (Å²) in [6.07, 6.45) is 2.04. The average Bonchev–Trinajstić information content (AvgIpc) is 3.18. The molecule has 1 aliphatic carbocycles. The zero-order valence-corrected chi connectivity index (χ0v) is 12.7. The third-order valence-corrected chi connectivity index (χ3v) is 5.84. The van der Waals surface area contributed by atoms with Gasteiger partial charge >= 0.3 is 0 Å². The largest absolute Gasteiger partial charge is 0.215 e. The molecular formula is C14H20ClNO2S. The van der Waals surface area contributed by atoms with Crippen LogP contribution in [0.15, 0.2) is 30.3 Å². The molecule has 19 heavy (non-hydrogen) atoms. The minimum atomic E-state index is -3.24. The van der Waals surface area contributed by atoms with Crippen LogP contribution in [0.1, 0.15) is 31.2 Å². The van der Waals surface area contributed by atoms with Crippen molar-refractivity contribution < 1.29 is 8.42 Å². The van der Waals surface area contributed by atoms with Crippen molar-refractivity contribution in [1.29, 1.82) is 0 Å². The molecule has 1 atom stereocenters. The van der Waals surface area contributed by atoms with Crippen molar-refractivity contribution in [2.45, 2.75) is 25.7 Å². The van der Waals surface area contributed by atoms with Crippen molar-refractivity contribution in [1.82, 2.24) is 4.72 Å². The molecule has 1 N–H and O–H groups in total. The van der Waals surface area contributed by atoms with Crippen LogP contribution in [-0.4, -0.2) is 26.6 Å². The molecule has 0 radical (unpaired) electrons. The van der Waals surface area contributed by atoms with Gasteiger partial charge in [-0.2, -0.15) is 0 Å². The first kappa shape index (κ1) is 14.8. The number of rotatable bonds is 7. The normalized spacial score (nSPS) is 19.1. The first-order chi connectivity index (χ1) is 8.96. The molecule has 106 valence electrons. The Morgan fingerprint density at radius 3 is 2.47 bits per heavy atom. The van der Waals surface area contributed by atoms with Gasteiger partial charge in [0.05, 0.1) is 5.75 Å². The molecule has 0 aromatic heterocycles. The lowest BCUT2D eigenvalue weighted by Gasteiger charge is -2.16. The maximum Gasteiger partial charge on any atom is 0.212 e. The van der Waals surface area contributed by atoms with Gasteiger partial charge in [0.15, 0.2) is 0 Å². The molecule has 0 saturated heterocycles. The van der Waals surface area contributed by atoms with Crippen LogP contribution in [0.2, 0.25) is 0 Å². The van der Waals surface area contributed by atoms with E-state index in [0.29, 0.717) is 12.4 Å². The standard InChI is InChI=1S/C14H20ClNO2S/c1-12(13-5-3-2-4-6-13)9-19(17,18)16-11-14(10-15)7-8-14/h2-6,12,16H,7-11H2,1H3. The lowest BCUT2D eigenvalue weighted by Crippen LogP contribution is -2.34. The van der Waals surface area contributed by atoms with E-state index >= 15 is 0 Å². The molecule has 3 nitrogen and oxygen atoms in total. The fourth-order valence-corrected chi connectivity index (χ4v) is 3.92. The third-order valence-electron chi connectivity index (χ3n) is 3.75. The smallest absolute Gasteiger partial charge is 0.212 e. The summed E-state index contributed by atoms with van der Waals surface area (Å²) in [6.45, 7) is 2.41. The van der Waals surface area contributed by atoms with E-state index in [1.54, 1.807) is 0 Å². The number of nitrogens with one attached hydrogen (secondary N) is 1. The number of sulfonamides is 1. The van der Waals surface area contributed by atoms with Crippen molar-refractivity contribution in [2.75, 3.05) is 18.2 Å². The Kier molecular flexibility index (Phi) is 4.54. The van der Waals surface area contributed by atoms with Crippen molar-refractivity contribution in [3.63, 3.8) is 0 Å². The Hall–Kier alpha value is -0.580. The number of halogens is 1. The van der Waals surface area contributed by atoms with Gasteiger partial charge in [-0.25, -0.2) is 13.1 Å². The highest BCUT2D eigenvalue weighted by molar-refractivity contribution is 7.89. The highest BCUT2D eigenvalue weighted by atomic mass is 35.5. The fraction of sp³-hybridized carbons (Fsp3) is 0.571. The maximum absolute atomic E-state index is 12.1. The number of alkyl halides is 1. The molecule has 1 aromatic carbocycles. The van der Waals surface area contributed by atoms with Gasteiger partial charge in [-0.1, -0.05) is 37.3 Å². The quantitative estimate of drug-likeness (QED) is 0.787. The molecule has 0 spiro atoms. The molecule has 0 aliphatic heterocycles. The van der Waals surface area contributed by atoms with Crippen LogP contribution in [0.4, 0.5) is 0 Å². The Labute approximate surface area is 120 Å². The Morgan fingerprint density at radius 1 is 1.32 bits per heavy atom. The lowest BCUT2D eigenvalue weighted by molar-refractivity contribution is 0.532. The first-order valence-corrected chi connectivity index (χ1v) is 8.73. The van der Waals surface area contributed by atoms with Gasteiger partial charge in [-0.3, -0.25) is 0 Å². The second kappa shape index (κ2) is 5.81. The highest BCUT2D eigenvalue weighted by Crippen LogP contribution is 2.46. The summed E-state index contributed by atoms with van der Waals surface area (Å²) in [4.78, 5) is 0. The van der Waals surface area contributed by atoms with E-state index in [4.69, 9.17) is 11.6 Å². The Morgan fingerprint density at radius 2 is 1.95 bits per heavy atom. The summed E-state index contributed by atoms with van der Waals surface area (Å²) in [5.74, 6) is 0.643. The van der Waals surface area contributed by atoms with Crippen molar-refractivity contribution in [2.24, 2.45) is 5.41 Å². The molecule has 5 heteroatoms. The summed E-state index contributed by atoms with van der Waals surface area (Å²) in [6, 6.07) is 9.71. The minimum Gasteiger partial charge on any atom is -0.215 e. The summed E-state index contributed by atoms with van der Waals surface area (Å²) >= 11 is 5.85. The number of hydrogen-bond acceptors (Lipinski definition) is 2. The summed E-state index contributed by atoms with van der Waals surface area (Å²) in [5.41, 5.74) is 1.07. The van der Waals surface area contributed by atoms with Crippen molar-refractivity contribution in [3.05, 3.63) is 35.9 Å². The molecule has 1 unspecified atom stereocenters. The van der Waals surface area contributed by atoms with Gasteiger partial charge in [-0.05, 0) is 29.7 Å². The van der Waals surface area contributed by atoms with Crippen molar-refractivity contribution >= 4 is 21.6 Å². The fourth-order valence-electron chi connectivity index (χ4n) is 2.06. The molecule has 0 heterocycles. The van der Waals surface area contributed by atoms with Gasteiger partial charge in [0.2, 0.25) is 10.0 Å². The predicted molar refractivity (Wildman–Crippen MR) is 79.0 cm³/mol. The van der Waals surface area contributed by atoms with Crippen LogP contribution < -0.4 is 4.72 Å². The average molecular weight is 302 g/mol. The van der Waals surface area contributed by atoms with Gasteiger partial charge in [0, 0.05) is 12.4 Å². The van der Waals surface area contributed by atoms with Crippen LogP contribution in [0.3, 0.4) is 0 Å². The van der Waals surface area contributed by atoms with Crippen LogP contribution in [0, 0.1) is 5.41 Å². The van der Waals surface area contributed by atoms with Crippen LogP contribution in [0.25, 0.3) is 0 Å². The van der Waals surface area contributed by atoms with E-state index in [1.165, 1.54) is 0 Å². The van der Waals surface area contributed by atoms with E-state index < -0.39 is 10.0 Å². The topological polar surface area (TPSA) is 46.2 Å². The van der Waals surface area contributed by atoms with E-state index in [0.717, 1.165) is 18.4 Å². The maximum atomic E-state index is 12.1. The van der Waals surface area contributed by atoms with Gasteiger partial charge in [0.1, 0.15) is 0 Å². The second-order valence-electron chi connectivity index (χ2n) is 5.55. The molecule has 1 fully saturated rings. The molecule has 2 rings (SSSR count). The van der Waals surface area contributed by atoms with Crippen molar-refractivity contribution in [3.8, 4) is 0 Å². The minimum absolute atomic E-state index is 0.00939. The molecule has 1 saturated carbocycles. The summed E-state index contributed by atoms with van der Waals surface area (Å²) in [5, 5.41) is 0. The number of hydrogen-bond donors (Lipinski definition) is 1. The van der Waals surface area contributed by atoms with E-state index in [-0.39, 0.29) is 17.1 Å². The SMILES string of the molecule is CC(CS(=O)(=O)NCC1(CCl)CC1)c1ccccc1. The first-order valence-electron chi connectivity index (χ1n) is 6.55. The Balaban J connectivity index is 1.90. The summed E-state index contributed by atoms with van der Waals surface area (Å²) < 4.78 is 26.8. The Bertz CT molecular complexity index is 512. The van der Waals surface area contributed by atoms with Crippen LogP contribution in [0.5, 0.6) is 0 Å². The second-order valence-corrected chi connectivity index (χ2v) is 7.67. The zero-order chi connectivity index (χ0) is 13.9. The van der Waals surface area contributed by atoms with Crippen LogP contribution >= 0.6 is 11.6 Å². The number of benzene rings is 1. The van der Waals surface area contributed by atoms with Gasteiger partial charge < -0.3 is 0 Å². The molecular weight excluding hydrogens is 282 g/mol. The van der Waals surface area contributed by atoms with E-state index in [1.807, 2.05) is 37.3 Å².